The van der Waals surface area contributed by atoms with Crippen molar-refractivity contribution in [3.05, 3.63) is 30.6 Å². The summed E-state index contributed by atoms with van der Waals surface area (Å²) >= 11 is 1.45. The van der Waals surface area contributed by atoms with Crippen LogP contribution in [0.1, 0.15) is 13.8 Å². The first-order chi connectivity index (χ1) is 12.1. The van der Waals surface area contributed by atoms with Gasteiger partial charge in [-0.3, -0.25) is 14.1 Å². The molecule has 0 aromatic carbocycles. The molecule has 25 heavy (non-hydrogen) atoms. The molecule has 0 radical (unpaired) electrons. The van der Waals surface area contributed by atoms with Crippen molar-refractivity contribution < 1.29 is 9.53 Å². The van der Waals surface area contributed by atoms with Crippen LogP contribution in [-0.2, 0) is 9.53 Å². The van der Waals surface area contributed by atoms with E-state index in [-0.39, 0.29) is 12.0 Å². The van der Waals surface area contributed by atoms with Crippen molar-refractivity contribution in [1.82, 2.24) is 19.6 Å². The van der Waals surface area contributed by atoms with Gasteiger partial charge >= 0.3 is 0 Å². The predicted molar refractivity (Wildman–Crippen MR) is 99.9 cm³/mol. The van der Waals surface area contributed by atoms with Gasteiger partial charge in [-0.05, 0) is 18.1 Å². The molecule has 7 heteroatoms. The second-order valence-corrected chi connectivity index (χ2v) is 7.72. The van der Waals surface area contributed by atoms with Gasteiger partial charge in [-0.25, -0.2) is 4.98 Å². The molecular formula is C18H26N4O2S. The van der Waals surface area contributed by atoms with Gasteiger partial charge in [-0.15, -0.1) is 0 Å². The molecule has 1 atom stereocenters. The Kier molecular flexibility index (Phi) is 6.34. The van der Waals surface area contributed by atoms with Gasteiger partial charge in [-0.2, -0.15) is 0 Å². The first-order valence-corrected chi connectivity index (χ1v) is 9.76. The average molecular weight is 362 g/mol. The summed E-state index contributed by atoms with van der Waals surface area (Å²) in [6, 6.07) is 5.94. The summed E-state index contributed by atoms with van der Waals surface area (Å²) in [4.78, 5) is 18.9. The van der Waals surface area contributed by atoms with Gasteiger partial charge in [0, 0.05) is 32.4 Å². The molecule has 2 aromatic heterocycles. The zero-order chi connectivity index (χ0) is 17.6. The number of rotatable bonds is 7. The molecule has 1 unspecified atom stereocenters. The van der Waals surface area contributed by atoms with Crippen molar-refractivity contribution in [1.29, 1.82) is 0 Å². The third kappa shape index (κ3) is 5.20. The third-order valence-corrected chi connectivity index (χ3v) is 5.08. The van der Waals surface area contributed by atoms with E-state index in [0.29, 0.717) is 18.2 Å². The number of carbonyl (C=O) groups is 1. The highest BCUT2D eigenvalue weighted by Crippen LogP contribution is 2.18. The number of hydrogen-bond acceptors (Lipinski definition) is 5. The van der Waals surface area contributed by atoms with Crippen molar-refractivity contribution >= 4 is 23.2 Å². The zero-order valence-corrected chi connectivity index (χ0v) is 15.7. The van der Waals surface area contributed by atoms with Gasteiger partial charge in [0.2, 0.25) is 5.91 Å². The smallest absolute Gasteiger partial charge is 0.230 e. The molecule has 3 rings (SSSR count). The lowest BCUT2D eigenvalue weighted by molar-refractivity contribution is -0.119. The summed E-state index contributed by atoms with van der Waals surface area (Å²) in [5.41, 5.74) is 1.03. The molecule has 1 aliphatic rings. The number of hydrogen-bond donors (Lipinski definition) is 1. The van der Waals surface area contributed by atoms with E-state index in [9.17, 15) is 4.79 Å². The summed E-state index contributed by atoms with van der Waals surface area (Å²) in [5, 5.41) is 3.82. The maximum Gasteiger partial charge on any atom is 0.230 e. The Morgan fingerprint density at radius 1 is 1.48 bits per heavy atom. The Morgan fingerprint density at radius 2 is 2.36 bits per heavy atom. The lowest BCUT2D eigenvalue weighted by Gasteiger charge is -2.33. The largest absolute Gasteiger partial charge is 0.374 e. The highest BCUT2D eigenvalue weighted by atomic mass is 32.2. The summed E-state index contributed by atoms with van der Waals surface area (Å²) in [6.45, 7) is 8.70. The third-order valence-electron chi connectivity index (χ3n) is 4.11. The van der Waals surface area contributed by atoms with E-state index in [0.717, 1.165) is 36.9 Å². The summed E-state index contributed by atoms with van der Waals surface area (Å²) in [6.07, 6.45) is 3.86. The molecule has 1 saturated heterocycles. The summed E-state index contributed by atoms with van der Waals surface area (Å²) in [5.74, 6) is 1.02. The van der Waals surface area contributed by atoms with Gasteiger partial charge < -0.3 is 10.1 Å². The van der Waals surface area contributed by atoms with Crippen LogP contribution in [-0.4, -0.2) is 64.8 Å². The van der Waals surface area contributed by atoms with Crippen molar-refractivity contribution in [2.24, 2.45) is 5.92 Å². The van der Waals surface area contributed by atoms with E-state index in [1.807, 2.05) is 35.0 Å². The summed E-state index contributed by atoms with van der Waals surface area (Å²) in [7, 11) is 0. The van der Waals surface area contributed by atoms with Crippen LogP contribution in [0.25, 0.3) is 5.52 Å². The number of imidazole rings is 1. The minimum atomic E-state index is 0.0160. The van der Waals surface area contributed by atoms with E-state index >= 15 is 0 Å². The number of nitrogens with one attached hydrogen (secondary N) is 1. The number of fused-ring (bicyclic) bond motifs is 1. The number of nitrogens with zero attached hydrogens (tertiary/aromatic N) is 3. The van der Waals surface area contributed by atoms with E-state index in [1.54, 1.807) is 0 Å². The van der Waals surface area contributed by atoms with Crippen molar-refractivity contribution in [2.75, 3.05) is 38.5 Å². The lowest BCUT2D eigenvalue weighted by Crippen LogP contribution is -2.48. The molecule has 0 saturated carbocycles. The molecule has 3 heterocycles. The Labute approximate surface area is 152 Å². The van der Waals surface area contributed by atoms with Crippen LogP contribution in [0.4, 0.5) is 0 Å². The van der Waals surface area contributed by atoms with E-state index in [2.05, 4.69) is 29.0 Å². The van der Waals surface area contributed by atoms with E-state index in [1.165, 1.54) is 11.8 Å². The fourth-order valence-electron chi connectivity index (χ4n) is 3.02. The molecule has 0 aliphatic carbocycles. The van der Waals surface area contributed by atoms with Crippen LogP contribution in [0.15, 0.2) is 35.7 Å². The maximum atomic E-state index is 12.1. The Bertz CT molecular complexity index is 703. The minimum Gasteiger partial charge on any atom is -0.374 e. The first kappa shape index (κ1) is 18.2. The van der Waals surface area contributed by atoms with Gasteiger partial charge in [0.05, 0.1) is 30.2 Å². The molecular weight excluding hydrogens is 336 g/mol. The minimum absolute atomic E-state index is 0.0160. The Balaban J connectivity index is 1.42. The standard InChI is InChI=1S/C18H26N4O2S/c1-14(2)11-21-7-8-24-16(12-21)10-19-17(23)13-25-18-20-9-15-5-3-4-6-22(15)18/h3-6,9,14,16H,7-8,10-13H2,1-2H3,(H,19,23). The quantitative estimate of drug-likeness (QED) is 0.763. The zero-order valence-electron chi connectivity index (χ0n) is 14.9. The molecule has 0 bridgehead atoms. The molecule has 0 spiro atoms. The predicted octanol–water partition coefficient (Wildman–Crippen LogP) is 1.90. The highest BCUT2D eigenvalue weighted by molar-refractivity contribution is 7.99. The Morgan fingerprint density at radius 3 is 3.20 bits per heavy atom. The number of ether oxygens (including phenoxy) is 1. The van der Waals surface area contributed by atoms with Crippen molar-refractivity contribution in [2.45, 2.75) is 25.1 Å². The Hall–Kier alpha value is -1.57. The molecule has 136 valence electrons. The average Bonchev–Trinajstić information content (AvgIpc) is 3.01. The van der Waals surface area contributed by atoms with Gasteiger partial charge in [0.1, 0.15) is 0 Å². The molecule has 1 fully saturated rings. The monoisotopic (exact) mass is 362 g/mol. The molecule has 2 aromatic rings. The molecule has 1 amide bonds. The number of amides is 1. The normalized spacial score (nSPS) is 18.8. The molecule has 1 aliphatic heterocycles. The van der Waals surface area contributed by atoms with Crippen LogP contribution < -0.4 is 5.32 Å². The lowest BCUT2D eigenvalue weighted by atomic mass is 10.2. The van der Waals surface area contributed by atoms with Crippen LogP contribution in [0.3, 0.4) is 0 Å². The van der Waals surface area contributed by atoms with Crippen molar-refractivity contribution in [3.8, 4) is 0 Å². The van der Waals surface area contributed by atoms with Gasteiger partial charge in [0.25, 0.3) is 0 Å². The topological polar surface area (TPSA) is 58.9 Å². The number of carbonyl (C=O) groups excluding carboxylic acids is 1. The van der Waals surface area contributed by atoms with Gasteiger partial charge in [0.15, 0.2) is 5.16 Å². The van der Waals surface area contributed by atoms with E-state index in [4.69, 9.17) is 4.74 Å². The van der Waals surface area contributed by atoms with Crippen LogP contribution in [0, 0.1) is 5.92 Å². The number of thioether (sulfide) groups is 1. The molecule has 6 nitrogen and oxygen atoms in total. The number of pyridine rings is 1. The second kappa shape index (κ2) is 8.69. The van der Waals surface area contributed by atoms with Gasteiger partial charge in [-0.1, -0.05) is 31.7 Å². The number of aromatic nitrogens is 2. The fraction of sp³-hybridized carbons (Fsp3) is 0.556. The fourth-order valence-corrected chi connectivity index (χ4v) is 3.82. The number of morpholine rings is 1. The van der Waals surface area contributed by atoms with E-state index < -0.39 is 0 Å². The molecule has 1 N–H and O–H groups in total. The maximum absolute atomic E-state index is 12.1. The summed E-state index contributed by atoms with van der Waals surface area (Å²) < 4.78 is 7.76. The van der Waals surface area contributed by atoms with Crippen molar-refractivity contribution in [3.63, 3.8) is 0 Å². The highest BCUT2D eigenvalue weighted by Gasteiger charge is 2.21. The van der Waals surface area contributed by atoms with Crippen LogP contribution in [0.5, 0.6) is 0 Å². The van der Waals surface area contributed by atoms with Crippen LogP contribution >= 0.6 is 11.8 Å². The van der Waals surface area contributed by atoms with Crippen LogP contribution in [0.2, 0.25) is 0 Å². The first-order valence-electron chi connectivity index (χ1n) is 8.77. The second-order valence-electron chi connectivity index (χ2n) is 6.78. The SMILES string of the molecule is CC(C)CN1CCOC(CNC(=O)CSc2ncc3ccccn23)C1.